The molecule has 0 aliphatic heterocycles. The largest absolute Gasteiger partial charge is 0.416 e. The fourth-order valence-corrected chi connectivity index (χ4v) is 4.92. The second kappa shape index (κ2) is 11.1. The lowest BCUT2D eigenvalue weighted by atomic mass is 9.77. The highest BCUT2D eigenvalue weighted by molar-refractivity contribution is 5.79. The Morgan fingerprint density at radius 2 is 0.977 bits per heavy atom. The van der Waals surface area contributed by atoms with Gasteiger partial charge in [0.1, 0.15) is 17.0 Å². The van der Waals surface area contributed by atoms with Crippen molar-refractivity contribution in [2.24, 2.45) is 0 Å². The molecule has 0 aliphatic rings. The van der Waals surface area contributed by atoms with Crippen LogP contribution in [-0.2, 0) is 18.0 Å². The van der Waals surface area contributed by atoms with Crippen molar-refractivity contribution in [1.82, 2.24) is 0 Å². The Bertz CT molecular complexity index is 1730. The molecule has 5 aromatic carbocycles. The Morgan fingerprint density at radius 1 is 0.558 bits per heavy atom. The van der Waals surface area contributed by atoms with Gasteiger partial charge in [-0.05, 0) is 34.9 Å². The lowest BCUT2D eigenvalue weighted by Crippen LogP contribution is -2.44. The zero-order chi connectivity index (χ0) is 31.0. The molecule has 5 nitrogen and oxygen atoms in total. The smallest absolute Gasteiger partial charge is 0.378 e. The van der Waals surface area contributed by atoms with Crippen LogP contribution in [-0.4, -0.2) is 5.11 Å². The third-order valence-corrected chi connectivity index (χ3v) is 7.03. The van der Waals surface area contributed by atoms with Gasteiger partial charge in [0.25, 0.3) is 10.9 Å². The molecule has 0 saturated carbocycles. The van der Waals surface area contributed by atoms with E-state index in [1.54, 1.807) is 91.0 Å². The lowest BCUT2D eigenvalue weighted by Gasteiger charge is -2.39. The van der Waals surface area contributed by atoms with Crippen LogP contribution >= 0.6 is 0 Å². The Morgan fingerprint density at radius 3 is 1.42 bits per heavy atom. The third-order valence-electron chi connectivity index (χ3n) is 7.03. The molecule has 0 amide bonds. The molecule has 1 unspecified atom stereocenters. The van der Waals surface area contributed by atoms with Crippen LogP contribution in [0.4, 0.5) is 43.4 Å². The molecule has 5 aromatic rings. The summed E-state index contributed by atoms with van der Waals surface area (Å²) in [5, 5.41) is 17.7. The first-order valence-electron chi connectivity index (χ1n) is 12.8. The molecule has 0 heterocycles. The van der Waals surface area contributed by atoms with Gasteiger partial charge in [-0.3, -0.25) is 9.59 Å². The fourth-order valence-electron chi connectivity index (χ4n) is 4.92. The van der Waals surface area contributed by atoms with Crippen molar-refractivity contribution in [3.8, 4) is 0 Å². The first-order chi connectivity index (χ1) is 20.3. The average Bonchev–Trinajstić information content (AvgIpc) is 3.00. The van der Waals surface area contributed by atoms with Gasteiger partial charge in [-0.1, -0.05) is 91.0 Å². The van der Waals surface area contributed by atoms with Crippen LogP contribution in [0, 0.1) is 0 Å². The maximum atomic E-state index is 13.4. The van der Waals surface area contributed by atoms with Gasteiger partial charge >= 0.3 is 12.4 Å². The molecule has 0 aliphatic carbocycles. The van der Waals surface area contributed by atoms with Crippen molar-refractivity contribution in [2.75, 3.05) is 10.6 Å². The standard InChI is InChI=1S/C32H22F6N2O3/c33-31(34,35)22-16-23(32(36,37)38)18-24(17-22)39-25-26(28(42)27(25)41)40-29(19-10-4-1-5-11-19)30(43,20-12-6-2-7-13-20)21-14-8-3-9-15-21/h1-18,29,39-40,43H. The molecule has 5 rings (SSSR count). The molecule has 11 heteroatoms. The third kappa shape index (κ3) is 5.76. The van der Waals surface area contributed by atoms with Crippen LogP contribution in [0.15, 0.2) is 119 Å². The van der Waals surface area contributed by atoms with Gasteiger partial charge in [0, 0.05) is 5.69 Å². The van der Waals surface area contributed by atoms with Crippen LogP contribution in [0.2, 0.25) is 0 Å². The van der Waals surface area contributed by atoms with Gasteiger partial charge in [0.05, 0.1) is 17.2 Å². The first-order valence-corrected chi connectivity index (χ1v) is 12.8. The average molecular weight is 597 g/mol. The van der Waals surface area contributed by atoms with Crippen LogP contribution in [0.3, 0.4) is 0 Å². The molecule has 0 radical (unpaired) electrons. The van der Waals surface area contributed by atoms with Gasteiger partial charge in [-0.15, -0.1) is 0 Å². The summed E-state index contributed by atoms with van der Waals surface area (Å²) >= 11 is 0. The normalized spacial score (nSPS) is 13.1. The van der Waals surface area contributed by atoms with E-state index in [1.165, 1.54) is 0 Å². The van der Waals surface area contributed by atoms with Crippen LogP contribution < -0.4 is 21.5 Å². The minimum Gasteiger partial charge on any atom is -0.378 e. The number of nitrogens with one attached hydrogen (secondary N) is 2. The summed E-state index contributed by atoms with van der Waals surface area (Å²) in [5.74, 6) is 0. The number of alkyl halides is 6. The van der Waals surface area contributed by atoms with Crippen molar-refractivity contribution in [1.29, 1.82) is 0 Å². The molecular formula is C32H22F6N2O3. The predicted molar refractivity (Wildman–Crippen MR) is 150 cm³/mol. The molecule has 0 fully saturated rings. The molecule has 0 saturated heterocycles. The Balaban J connectivity index is 1.63. The highest BCUT2D eigenvalue weighted by Gasteiger charge is 2.43. The molecule has 0 bridgehead atoms. The zero-order valence-corrected chi connectivity index (χ0v) is 22.0. The second-order valence-electron chi connectivity index (χ2n) is 9.81. The summed E-state index contributed by atoms with van der Waals surface area (Å²) < 4.78 is 80.6. The van der Waals surface area contributed by atoms with Crippen LogP contribution in [0.1, 0.15) is 33.9 Å². The highest BCUT2D eigenvalue weighted by Crippen LogP contribution is 2.44. The van der Waals surface area contributed by atoms with E-state index in [9.17, 15) is 41.0 Å². The van der Waals surface area contributed by atoms with Crippen LogP contribution in [0.5, 0.6) is 0 Å². The van der Waals surface area contributed by atoms with Crippen LogP contribution in [0.25, 0.3) is 0 Å². The number of hydrogen-bond acceptors (Lipinski definition) is 5. The molecule has 0 spiro atoms. The van der Waals surface area contributed by atoms with E-state index < -0.39 is 63.0 Å². The number of rotatable bonds is 8. The van der Waals surface area contributed by atoms with E-state index in [0.29, 0.717) is 28.8 Å². The van der Waals surface area contributed by atoms with Gasteiger partial charge in [0.2, 0.25) is 0 Å². The number of hydrogen-bond donors (Lipinski definition) is 3. The van der Waals surface area contributed by atoms with E-state index in [2.05, 4.69) is 10.6 Å². The Labute approximate surface area is 240 Å². The molecule has 1 atom stereocenters. The van der Waals surface area contributed by atoms with E-state index in [0.717, 1.165) is 0 Å². The van der Waals surface area contributed by atoms with E-state index in [-0.39, 0.29) is 6.07 Å². The summed E-state index contributed by atoms with van der Waals surface area (Å²) in [4.78, 5) is 25.5. The van der Waals surface area contributed by atoms with Gasteiger partial charge < -0.3 is 15.7 Å². The number of benzene rings is 4. The van der Waals surface area contributed by atoms with E-state index >= 15 is 0 Å². The predicted octanol–water partition coefficient (Wildman–Crippen LogP) is 7.15. The monoisotopic (exact) mass is 596 g/mol. The zero-order valence-electron chi connectivity index (χ0n) is 22.0. The first kappa shape index (κ1) is 29.6. The number of halogens is 6. The number of anilines is 3. The SMILES string of the molecule is O=c1c(Nc2cc(C(F)(F)F)cc(C(F)(F)F)c2)c(NC(c2ccccc2)C(O)(c2ccccc2)c2ccccc2)c1=O. The fraction of sp³-hybridized carbons (Fsp3) is 0.125. The lowest BCUT2D eigenvalue weighted by molar-refractivity contribution is -0.143. The summed E-state index contributed by atoms with van der Waals surface area (Å²) in [6.45, 7) is 0. The summed E-state index contributed by atoms with van der Waals surface area (Å²) in [6.07, 6.45) is -10.2. The van der Waals surface area contributed by atoms with Gasteiger partial charge in [-0.25, -0.2) is 0 Å². The maximum Gasteiger partial charge on any atom is 0.416 e. The van der Waals surface area contributed by atoms with Crippen molar-refractivity contribution in [2.45, 2.75) is 24.0 Å². The van der Waals surface area contributed by atoms with Crippen molar-refractivity contribution >= 4 is 17.1 Å². The minimum absolute atomic E-state index is 0.0439. The summed E-state index contributed by atoms with van der Waals surface area (Å²) in [6, 6.07) is 24.9. The Hall–Kier alpha value is -4.90. The second-order valence-corrected chi connectivity index (χ2v) is 9.81. The molecule has 220 valence electrons. The van der Waals surface area contributed by atoms with E-state index in [4.69, 9.17) is 0 Å². The maximum absolute atomic E-state index is 13.4. The molecular weight excluding hydrogens is 574 g/mol. The minimum atomic E-state index is -5.12. The quantitative estimate of drug-likeness (QED) is 0.131. The molecule has 0 aromatic heterocycles. The highest BCUT2D eigenvalue weighted by atomic mass is 19.4. The van der Waals surface area contributed by atoms with Crippen molar-refractivity contribution in [3.05, 3.63) is 157 Å². The summed E-state index contributed by atoms with van der Waals surface area (Å²) in [7, 11) is 0. The summed E-state index contributed by atoms with van der Waals surface area (Å²) in [5.41, 5.74) is -7.64. The molecule has 3 N–H and O–H groups in total. The van der Waals surface area contributed by atoms with Crippen molar-refractivity contribution in [3.63, 3.8) is 0 Å². The molecule has 43 heavy (non-hydrogen) atoms. The number of aliphatic hydroxyl groups is 1. The van der Waals surface area contributed by atoms with Gasteiger partial charge in [0.15, 0.2) is 0 Å². The topological polar surface area (TPSA) is 78.4 Å². The van der Waals surface area contributed by atoms with E-state index in [1.807, 2.05) is 0 Å². The Kier molecular flexibility index (Phi) is 7.61. The van der Waals surface area contributed by atoms with Gasteiger partial charge in [-0.2, -0.15) is 26.3 Å². The van der Waals surface area contributed by atoms with Crippen molar-refractivity contribution < 1.29 is 31.4 Å².